The van der Waals surface area contributed by atoms with E-state index in [1.165, 1.54) is 0 Å². The predicted molar refractivity (Wildman–Crippen MR) is 65.6 cm³/mol. The van der Waals surface area contributed by atoms with Gasteiger partial charge in [-0.15, -0.1) is 0 Å². The highest BCUT2D eigenvalue weighted by molar-refractivity contribution is 5.78. The van der Waals surface area contributed by atoms with Gasteiger partial charge in [0.05, 0.1) is 6.26 Å². The predicted octanol–water partition coefficient (Wildman–Crippen LogP) is 1.33. The molecule has 4 heteroatoms. The molecule has 4 nitrogen and oxygen atoms in total. The van der Waals surface area contributed by atoms with Crippen molar-refractivity contribution in [3.05, 3.63) is 24.2 Å². The smallest absolute Gasteiger partial charge is 0.223 e. The quantitative estimate of drug-likeness (QED) is 0.829. The van der Waals surface area contributed by atoms with E-state index in [9.17, 15) is 4.79 Å². The molecule has 1 atom stereocenters. The van der Waals surface area contributed by atoms with E-state index in [0.717, 1.165) is 44.5 Å². The molecule has 1 aromatic rings. The van der Waals surface area contributed by atoms with Crippen LogP contribution in [-0.4, -0.2) is 25.5 Å². The number of hydrogen-bond donors (Lipinski definition) is 2. The minimum atomic E-state index is 0.182. The van der Waals surface area contributed by atoms with Crippen molar-refractivity contribution in [3.63, 3.8) is 0 Å². The molecule has 1 aromatic heterocycles. The largest absolute Gasteiger partial charge is 0.469 e. The molecule has 0 aromatic carbocycles. The fraction of sp³-hybridized carbons (Fsp3) is 0.615. The van der Waals surface area contributed by atoms with Crippen LogP contribution in [0.3, 0.4) is 0 Å². The first-order valence-corrected chi connectivity index (χ1v) is 6.37. The molecule has 0 bridgehead atoms. The Bertz CT molecular complexity index is 327. The molecule has 0 unspecified atom stereocenters. The third-order valence-corrected chi connectivity index (χ3v) is 3.20. The zero-order chi connectivity index (χ0) is 11.9. The Labute approximate surface area is 102 Å². The first-order valence-electron chi connectivity index (χ1n) is 6.37. The van der Waals surface area contributed by atoms with Gasteiger partial charge in [-0.25, -0.2) is 0 Å². The van der Waals surface area contributed by atoms with E-state index in [1.54, 1.807) is 6.26 Å². The summed E-state index contributed by atoms with van der Waals surface area (Å²) in [5.41, 5.74) is 0. The van der Waals surface area contributed by atoms with Gasteiger partial charge in [-0.3, -0.25) is 4.79 Å². The molecule has 1 aliphatic rings. The van der Waals surface area contributed by atoms with Crippen LogP contribution in [-0.2, 0) is 11.2 Å². The van der Waals surface area contributed by atoms with Crippen molar-refractivity contribution in [1.82, 2.24) is 10.6 Å². The van der Waals surface area contributed by atoms with Crippen molar-refractivity contribution < 1.29 is 9.21 Å². The van der Waals surface area contributed by atoms with E-state index in [-0.39, 0.29) is 11.8 Å². The summed E-state index contributed by atoms with van der Waals surface area (Å²) < 4.78 is 5.22. The number of furan rings is 1. The molecule has 1 amide bonds. The van der Waals surface area contributed by atoms with Gasteiger partial charge in [-0.2, -0.15) is 0 Å². The summed E-state index contributed by atoms with van der Waals surface area (Å²) in [7, 11) is 0. The van der Waals surface area contributed by atoms with Gasteiger partial charge < -0.3 is 15.1 Å². The normalized spacial score (nSPS) is 20.8. The SMILES string of the molecule is O=C(NCCc1ccco1)[C@H]1CCCNCC1. The summed E-state index contributed by atoms with van der Waals surface area (Å²) in [5.74, 6) is 1.30. The molecule has 0 radical (unpaired) electrons. The first kappa shape index (κ1) is 12.2. The van der Waals surface area contributed by atoms with Gasteiger partial charge in [0, 0.05) is 18.9 Å². The third-order valence-electron chi connectivity index (χ3n) is 3.20. The lowest BCUT2D eigenvalue weighted by molar-refractivity contribution is -0.125. The second-order valence-corrected chi connectivity index (χ2v) is 4.50. The number of rotatable bonds is 4. The van der Waals surface area contributed by atoms with Gasteiger partial charge in [0.25, 0.3) is 0 Å². The summed E-state index contributed by atoms with van der Waals surface area (Å²) in [4.78, 5) is 11.9. The monoisotopic (exact) mass is 236 g/mol. The average Bonchev–Trinajstić information content (AvgIpc) is 2.69. The molecular weight excluding hydrogens is 216 g/mol. The second kappa shape index (κ2) is 6.45. The molecule has 2 rings (SSSR count). The highest BCUT2D eigenvalue weighted by Crippen LogP contribution is 2.13. The van der Waals surface area contributed by atoms with Gasteiger partial charge in [0.1, 0.15) is 5.76 Å². The number of carbonyl (C=O) groups excluding carboxylic acids is 1. The standard InChI is InChI=1S/C13H20N2O2/c16-13(11-3-1-7-14-8-5-11)15-9-6-12-4-2-10-17-12/h2,4,10-11,14H,1,3,5-9H2,(H,15,16)/t11-/m0/s1. The van der Waals surface area contributed by atoms with Gasteiger partial charge in [0.15, 0.2) is 0 Å². The van der Waals surface area contributed by atoms with Crippen LogP contribution in [0.1, 0.15) is 25.0 Å². The molecular formula is C13H20N2O2. The first-order chi connectivity index (χ1) is 8.36. The number of amides is 1. The van der Waals surface area contributed by atoms with Gasteiger partial charge in [-0.1, -0.05) is 0 Å². The lowest BCUT2D eigenvalue weighted by atomic mass is 10.00. The Morgan fingerprint density at radius 2 is 2.41 bits per heavy atom. The van der Waals surface area contributed by atoms with Crippen LogP contribution in [0.15, 0.2) is 22.8 Å². The van der Waals surface area contributed by atoms with Gasteiger partial charge in [-0.05, 0) is 44.5 Å². The molecule has 2 N–H and O–H groups in total. The number of carbonyl (C=O) groups is 1. The van der Waals surface area contributed by atoms with Crippen LogP contribution in [0.2, 0.25) is 0 Å². The van der Waals surface area contributed by atoms with E-state index in [2.05, 4.69) is 10.6 Å². The van der Waals surface area contributed by atoms with Crippen LogP contribution in [0.4, 0.5) is 0 Å². The van der Waals surface area contributed by atoms with Crippen molar-refractivity contribution in [2.75, 3.05) is 19.6 Å². The molecule has 0 spiro atoms. The maximum absolute atomic E-state index is 11.9. The third kappa shape index (κ3) is 3.89. The summed E-state index contributed by atoms with van der Waals surface area (Å²) in [6.07, 6.45) is 5.47. The summed E-state index contributed by atoms with van der Waals surface area (Å²) in [6, 6.07) is 3.80. The maximum Gasteiger partial charge on any atom is 0.223 e. The van der Waals surface area contributed by atoms with Crippen molar-refractivity contribution >= 4 is 5.91 Å². The molecule has 0 aliphatic carbocycles. The molecule has 17 heavy (non-hydrogen) atoms. The van der Waals surface area contributed by atoms with E-state index in [4.69, 9.17) is 4.42 Å². The summed E-state index contributed by atoms with van der Waals surface area (Å²) in [6.45, 7) is 2.66. The Balaban J connectivity index is 1.69. The van der Waals surface area contributed by atoms with E-state index in [0.29, 0.717) is 6.54 Å². The van der Waals surface area contributed by atoms with Crippen LogP contribution >= 0.6 is 0 Å². The molecule has 0 saturated carbocycles. The second-order valence-electron chi connectivity index (χ2n) is 4.50. The zero-order valence-electron chi connectivity index (χ0n) is 10.1. The molecule has 1 fully saturated rings. The Morgan fingerprint density at radius 3 is 3.24 bits per heavy atom. The van der Waals surface area contributed by atoms with Crippen molar-refractivity contribution in [3.8, 4) is 0 Å². The Hall–Kier alpha value is -1.29. The van der Waals surface area contributed by atoms with E-state index in [1.807, 2.05) is 12.1 Å². The maximum atomic E-state index is 11.9. The van der Waals surface area contributed by atoms with Crippen molar-refractivity contribution in [1.29, 1.82) is 0 Å². The van der Waals surface area contributed by atoms with Gasteiger partial charge >= 0.3 is 0 Å². The number of nitrogens with one attached hydrogen (secondary N) is 2. The molecule has 1 aliphatic heterocycles. The minimum Gasteiger partial charge on any atom is -0.469 e. The lowest BCUT2D eigenvalue weighted by Gasteiger charge is -2.13. The topological polar surface area (TPSA) is 54.3 Å². The Kier molecular flexibility index (Phi) is 4.62. The van der Waals surface area contributed by atoms with Crippen molar-refractivity contribution in [2.24, 2.45) is 5.92 Å². The van der Waals surface area contributed by atoms with E-state index >= 15 is 0 Å². The van der Waals surface area contributed by atoms with E-state index < -0.39 is 0 Å². The zero-order valence-corrected chi connectivity index (χ0v) is 10.1. The van der Waals surface area contributed by atoms with Gasteiger partial charge in [0.2, 0.25) is 5.91 Å². The number of hydrogen-bond acceptors (Lipinski definition) is 3. The fourth-order valence-electron chi connectivity index (χ4n) is 2.19. The lowest BCUT2D eigenvalue weighted by Crippen LogP contribution is -2.32. The summed E-state index contributed by atoms with van der Waals surface area (Å²) in [5, 5.41) is 6.31. The highest BCUT2D eigenvalue weighted by atomic mass is 16.3. The average molecular weight is 236 g/mol. The molecule has 1 saturated heterocycles. The van der Waals surface area contributed by atoms with Crippen LogP contribution in [0, 0.1) is 5.92 Å². The highest BCUT2D eigenvalue weighted by Gasteiger charge is 2.19. The Morgan fingerprint density at radius 1 is 1.47 bits per heavy atom. The van der Waals surface area contributed by atoms with Crippen LogP contribution in [0.25, 0.3) is 0 Å². The summed E-state index contributed by atoms with van der Waals surface area (Å²) >= 11 is 0. The van der Waals surface area contributed by atoms with Crippen LogP contribution in [0.5, 0.6) is 0 Å². The van der Waals surface area contributed by atoms with Crippen molar-refractivity contribution in [2.45, 2.75) is 25.7 Å². The molecule has 2 heterocycles. The van der Waals surface area contributed by atoms with Crippen LogP contribution < -0.4 is 10.6 Å². The fourth-order valence-corrected chi connectivity index (χ4v) is 2.19. The molecule has 94 valence electrons. The minimum absolute atomic E-state index is 0.182.